The molecule has 0 spiro atoms. The van der Waals surface area contributed by atoms with Gasteiger partial charge in [-0.05, 0) is 126 Å². The van der Waals surface area contributed by atoms with Crippen molar-refractivity contribution in [1.29, 1.82) is 0 Å². The first-order valence-electron chi connectivity index (χ1n) is 23.9. The van der Waals surface area contributed by atoms with Crippen molar-refractivity contribution in [2.45, 2.75) is 26.7 Å². The van der Waals surface area contributed by atoms with Gasteiger partial charge in [0.1, 0.15) is 5.82 Å². The van der Waals surface area contributed by atoms with E-state index in [9.17, 15) is 0 Å². The summed E-state index contributed by atoms with van der Waals surface area (Å²) >= 11 is 0. The van der Waals surface area contributed by atoms with Crippen molar-refractivity contribution < 1.29 is 0 Å². The van der Waals surface area contributed by atoms with Crippen LogP contribution in [0.5, 0.6) is 0 Å². The van der Waals surface area contributed by atoms with Crippen LogP contribution in [-0.2, 0) is 12.8 Å². The van der Waals surface area contributed by atoms with Crippen LogP contribution in [0, 0.1) is 13.8 Å². The van der Waals surface area contributed by atoms with Gasteiger partial charge in [0.2, 0.25) is 0 Å². The highest BCUT2D eigenvalue weighted by Gasteiger charge is 2.19. The highest BCUT2D eigenvalue weighted by Crippen LogP contribution is 2.39. The van der Waals surface area contributed by atoms with Crippen LogP contribution in [0.4, 0.5) is 0 Å². The summed E-state index contributed by atoms with van der Waals surface area (Å²) in [4.78, 5) is 5.07. The predicted octanol–water partition coefficient (Wildman–Crippen LogP) is 16.7. The molecule has 0 aliphatic rings. The molecule has 0 atom stereocenters. The number of hydrogen-bond donors (Lipinski definition) is 0. The van der Waals surface area contributed by atoms with E-state index >= 15 is 0 Å². The average Bonchev–Trinajstić information content (AvgIpc) is 4.04. The molecule has 0 fully saturated rings. The number of allylic oxidation sites excluding steroid dienone is 2. The molecule has 330 valence electrons. The van der Waals surface area contributed by atoms with Crippen LogP contribution in [0.25, 0.3) is 100 Å². The Labute approximate surface area is 403 Å². The molecule has 9 aromatic carbocycles. The van der Waals surface area contributed by atoms with Gasteiger partial charge < -0.3 is 13.7 Å². The summed E-state index contributed by atoms with van der Waals surface area (Å²) in [6.45, 7) is 8.82. The van der Waals surface area contributed by atoms with Crippen LogP contribution in [0.15, 0.2) is 231 Å². The quantitative estimate of drug-likeness (QED) is 0.119. The van der Waals surface area contributed by atoms with Gasteiger partial charge in [0.15, 0.2) is 0 Å². The van der Waals surface area contributed by atoms with E-state index in [1.807, 2.05) is 6.07 Å². The molecule has 69 heavy (non-hydrogen) atoms. The lowest BCUT2D eigenvalue weighted by atomic mass is 9.92. The molecule has 0 radical (unpaired) electrons. The minimum atomic E-state index is 0.912. The maximum absolute atomic E-state index is 5.07. The summed E-state index contributed by atoms with van der Waals surface area (Å²) in [5.41, 5.74) is 19.8. The third-order valence-electron chi connectivity index (χ3n) is 13.9. The Kier molecular flexibility index (Phi) is 10.6. The van der Waals surface area contributed by atoms with Gasteiger partial charge in [-0.3, -0.25) is 0 Å². The number of imidazole rings is 1. The Morgan fingerprint density at radius 2 is 1.03 bits per heavy atom. The van der Waals surface area contributed by atoms with Crippen molar-refractivity contribution in [3.8, 4) is 45.0 Å². The number of hydrogen-bond acceptors (Lipinski definition) is 1. The van der Waals surface area contributed by atoms with Crippen LogP contribution in [0.2, 0.25) is 0 Å². The van der Waals surface area contributed by atoms with Crippen molar-refractivity contribution >= 4 is 55.4 Å². The van der Waals surface area contributed by atoms with Crippen molar-refractivity contribution in [2.75, 3.05) is 0 Å². The maximum atomic E-state index is 5.07. The van der Waals surface area contributed by atoms with E-state index in [0.717, 1.165) is 63.7 Å². The Hall–Kier alpha value is -8.73. The van der Waals surface area contributed by atoms with E-state index in [2.05, 4.69) is 259 Å². The zero-order valence-electron chi connectivity index (χ0n) is 38.8. The second-order valence-electron chi connectivity index (χ2n) is 18.1. The highest BCUT2D eigenvalue weighted by molar-refractivity contribution is 6.12. The van der Waals surface area contributed by atoms with Crippen LogP contribution in [0.1, 0.15) is 28.1 Å². The molecule has 3 heterocycles. The molecule has 4 heteroatoms. The van der Waals surface area contributed by atoms with E-state index in [1.165, 1.54) is 71.4 Å². The molecule has 0 aliphatic heterocycles. The van der Waals surface area contributed by atoms with Crippen molar-refractivity contribution in [3.05, 3.63) is 259 Å². The number of aromatic nitrogens is 4. The molecule has 0 bridgehead atoms. The SMILES string of the molecule is C=C(/C=C\n1c(C)nc(-c2ccccc2)c1-c1ccccc1)c1ccc(-n2c3ccc(CCc4ccccc4-c4ccccc4C)cc3c3cc(-n4c5ccccc5c5ccccc54)ccc32)cc1. The van der Waals surface area contributed by atoms with Gasteiger partial charge in [0, 0.05) is 50.2 Å². The average molecular weight is 887 g/mol. The van der Waals surface area contributed by atoms with Gasteiger partial charge in [-0.1, -0.05) is 170 Å². The summed E-state index contributed by atoms with van der Waals surface area (Å²) in [7, 11) is 0. The van der Waals surface area contributed by atoms with Crippen LogP contribution < -0.4 is 0 Å². The lowest BCUT2D eigenvalue weighted by Crippen LogP contribution is -1.97. The summed E-state index contributed by atoms with van der Waals surface area (Å²) < 4.78 is 7.02. The molecule has 0 unspecified atom stereocenters. The largest absolute Gasteiger partial charge is 0.309 e. The number of para-hydroxylation sites is 2. The van der Waals surface area contributed by atoms with Crippen LogP contribution in [-0.4, -0.2) is 18.7 Å². The topological polar surface area (TPSA) is 27.7 Å². The first kappa shape index (κ1) is 41.7. The van der Waals surface area contributed by atoms with Gasteiger partial charge in [-0.25, -0.2) is 4.98 Å². The Balaban J connectivity index is 0.928. The Morgan fingerprint density at radius 1 is 0.478 bits per heavy atom. The van der Waals surface area contributed by atoms with E-state index in [4.69, 9.17) is 4.98 Å². The lowest BCUT2D eigenvalue weighted by Gasteiger charge is -2.12. The number of rotatable bonds is 11. The molecule has 0 saturated carbocycles. The minimum absolute atomic E-state index is 0.912. The molecule has 3 aromatic heterocycles. The van der Waals surface area contributed by atoms with Gasteiger partial charge in [-0.2, -0.15) is 0 Å². The highest BCUT2D eigenvalue weighted by atomic mass is 15.1. The number of fused-ring (bicyclic) bond motifs is 6. The van der Waals surface area contributed by atoms with Crippen LogP contribution >= 0.6 is 0 Å². The van der Waals surface area contributed by atoms with Gasteiger partial charge in [-0.15, -0.1) is 0 Å². The zero-order valence-corrected chi connectivity index (χ0v) is 38.8. The minimum Gasteiger partial charge on any atom is -0.309 e. The predicted molar refractivity (Wildman–Crippen MR) is 291 cm³/mol. The molecule has 0 aliphatic carbocycles. The summed E-state index contributed by atoms with van der Waals surface area (Å²) in [5, 5.41) is 4.99. The van der Waals surface area contributed by atoms with E-state index < -0.39 is 0 Å². The molecular weight excluding hydrogens is 837 g/mol. The fourth-order valence-corrected chi connectivity index (χ4v) is 10.5. The van der Waals surface area contributed by atoms with Crippen molar-refractivity contribution in [1.82, 2.24) is 18.7 Å². The normalized spacial score (nSPS) is 11.7. The maximum Gasteiger partial charge on any atom is 0.110 e. The third-order valence-corrected chi connectivity index (χ3v) is 13.9. The summed E-state index contributed by atoms with van der Waals surface area (Å²) in [6.07, 6.45) is 6.08. The second kappa shape index (κ2) is 17.5. The molecule has 0 amide bonds. The van der Waals surface area contributed by atoms with E-state index in [1.54, 1.807) is 0 Å². The number of aryl methyl sites for hydroxylation is 4. The second-order valence-corrected chi connectivity index (χ2v) is 18.1. The molecule has 12 rings (SSSR count). The smallest absolute Gasteiger partial charge is 0.110 e. The molecule has 4 nitrogen and oxygen atoms in total. The molecular formula is C65H50N4. The lowest BCUT2D eigenvalue weighted by molar-refractivity contribution is 0.963. The fraction of sp³-hybridized carbons (Fsp3) is 0.0615. The first-order chi connectivity index (χ1) is 34.0. The first-order valence-corrected chi connectivity index (χ1v) is 23.9. The van der Waals surface area contributed by atoms with Crippen molar-refractivity contribution in [2.24, 2.45) is 0 Å². The van der Waals surface area contributed by atoms with E-state index in [-0.39, 0.29) is 0 Å². The van der Waals surface area contributed by atoms with Gasteiger partial charge in [0.25, 0.3) is 0 Å². The Bertz CT molecular complexity index is 3860. The molecule has 12 aromatic rings. The van der Waals surface area contributed by atoms with Crippen molar-refractivity contribution in [3.63, 3.8) is 0 Å². The standard InChI is InChI=1S/C65H50N4/c1-44(40-41-67-46(3)66-64(50-20-6-4-7-21-50)65(67)51-22-8-5-9-23-51)48-33-35-52(36-34-48)68-62-38-31-47(30-32-49-19-11-13-25-55(49)54-24-12-10-18-45(54)2)42-58(62)59-43-53(37-39-63(59)68)69-60-28-16-14-26-56(60)57-27-15-17-29-61(57)69/h4-29,31,33-43H,1,30,32H2,2-3H3/b41-40-. The summed E-state index contributed by atoms with van der Waals surface area (Å²) in [5.74, 6) is 0.912. The van der Waals surface area contributed by atoms with Gasteiger partial charge in [0.05, 0.1) is 33.5 Å². The number of benzene rings is 9. The monoisotopic (exact) mass is 886 g/mol. The Morgan fingerprint density at radius 3 is 1.74 bits per heavy atom. The van der Waals surface area contributed by atoms with Crippen LogP contribution in [0.3, 0.4) is 0 Å². The molecule has 0 N–H and O–H groups in total. The zero-order chi connectivity index (χ0) is 46.4. The summed E-state index contributed by atoms with van der Waals surface area (Å²) in [6, 6.07) is 79.0. The van der Waals surface area contributed by atoms with Gasteiger partial charge >= 0.3 is 0 Å². The van der Waals surface area contributed by atoms with E-state index in [0.29, 0.717) is 0 Å². The third kappa shape index (κ3) is 7.47. The number of nitrogens with zero attached hydrogens (tertiary/aromatic N) is 4. The fourth-order valence-electron chi connectivity index (χ4n) is 10.5. The molecule has 0 saturated heterocycles.